The van der Waals surface area contributed by atoms with Crippen molar-refractivity contribution in [3.05, 3.63) is 11.6 Å². The molecule has 2 rings (SSSR count). The molecule has 0 aromatic carbocycles. The number of carbonyl (C=O) groups is 1. The number of rotatable bonds is 10. The number of Topliss-reactive ketones (excluding diaryl/α,β-unsaturated/α-hetero) is 1. The van der Waals surface area contributed by atoms with Crippen molar-refractivity contribution in [3.63, 3.8) is 0 Å². The topological polar surface area (TPSA) is 44.8 Å². The van der Waals surface area contributed by atoms with Crippen LogP contribution in [0, 0.1) is 0 Å². The third-order valence-electron chi connectivity index (χ3n) is 4.41. The van der Waals surface area contributed by atoms with Gasteiger partial charge in [0.15, 0.2) is 19.9 Å². The summed E-state index contributed by atoms with van der Waals surface area (Å²) in [5, 5.41) is 0. The van der Waals surface area contributed by atoms with Gasteiger partial charge in [-0.1, -0.05) is 18.9 Å². The smallest absolute Gasteiger partial charge is 0.190 e. The summed E-state index contributed by atoms with van der Waals surface area (Å²) in [5.74, 6) is -0.148. The van der Waals surface area contributed by atoms with Crippen molar-refractivity contribution in [3.8, 4) is 0 Å². The zero-order chi connectivity index (χ0) is 16.8. The summed E-state index contributed by atoms with van der Waals surface area (Å²) < 4.78 is 17.7. The van der Waals surface area contributed by atoms with Crippen molar-refractivity contribution in [1.29, 1.82) is 0 Å². The molecule has 0 unspecified atom stereocenters. The lowest BCUT2D eigenvalue weighted by atomic mass is 10.0. The third kappa shape index (κ3) is 6.49. The van der Waals surface area contributed by atoms with E-state index < -0.39 is 14.1 Å². The normalized spacial score (nSPS) is 21.0. The predicted molar refractivity (Wildman–Crippen MR) is 94.0 cm³/mol. The molecule has 0 spiro atoms. The van der Waals surface area contributed by atoms with Gasteiger partial charge in [-0.25, -0.2) is 0 Å². The van der Waals surface area contributed by atoms with Gasteiger partial charge in [0.05, 0.1) is 19.8 Å². The van der Waals surface area contributed by atoms with Gasteiger partial charge in [0, 0.05) is 12.8 Å². The summed E-state index contributed by atoms with van der Waals surface area (Å²) >= 11 is 0. The number of ketones is 1. The Balaban J connectivity index is 1.62. The van der Waals surface area contributed by atoms with E-state index in [1.807, 2.05) is 0 Å². The van der Waals surface area contributed by atoms with E-state index in [2.05, 4.69) is 25.7 Å². The molecule has 0 amide bonds. The Labute approximate surface area is 141 Å². The van der Waals surface area contributed by atoms with Crippen LogP contribution in [-0.4, -0.2) is 39.7 Å². The summed E-state index contributed by atoms with van der Waals surface area (Å²) in [7, 11) is -1.55. The van der Waals surface area contributed by atoms with Crippen LogP contribution in [0.25, 0.3) is 0 Å². The zero-order valence-corrected chi connectivity index (χ0v) is 16.0. The summed E-state index contributed by atoms with van der Waals surface area (Å²) in [5.41, 5.74) is 1.06. The molecule has 0 N–H and O–H groups in total. The lowest BCUT2D eigenvalue weighted by Crippen LogP contribution is -2.40. The Morgan fingerprint density at radius 2 is 1.83 bits per heavy atom. The zero-order valence-electron chi connectivity index (χ0n) is 15.0. The highest BCUT2D eigenvalue weighted by atomic mass is 28.4. The second-order valence-corrected chi connectivity index (χ2v) is 12.1. The fourth-order valence-corrected chi connectivity index (χ4v) is 3.73. The van der Waals surface area contributed by atoms with Gasteiger partial charge in [0.1, 0.15) is 0 Å². The molecule has 1 aliphatic heterocycles. The third-order valence-corrected chi connectivity index (χ3v) is 5.42. The first-order valence-electron chi connectivity index (χ1n) is 9.04. The molecule has 1 fully saturated rings. The van der Waals surface area contributed by atoms with E-state index in [4.69, 9.17) is 13.9 Å². The SMILES string of the molecule is C[Si](C)(C)OCC1(CCCCCCC2=CCCC2=O)OCCO1. The number of allylic oxidation sites excluding steroid dienone is 2. The van der Waals surface area contributed by atoms with Crippen LogP contribution in [0.3, 0.4) is 0 Å². The first kappa shape index (κ1) is 18.8. The molecular weight excluding hydrogens is 308 g/mol. The van der Waals surface area contributed by atoms with Crippen molar-refractivity contribution in [2.24, 2.45) is 0 Å². The van der Waals surface area contributed by atoms with E-state index in [1.54, 1.807) is 0 Å². The molecule has 0 aromatic rings. The number of hydrogen-bond acceptors (Lipinski definition) is 4. The van der Waals surface area contributed by atoms with E-state index in [0.717, 1.165) is 56.9 Å². The minimum absolute atomic E-state index is 0.361. The van der Waals surface area contributed by atoms with Crippen LogP contribution in [0.1, 0.15) is 51.4 Å². The molecule has 1 heterocycles. The molecule has 2 aliphatic rings. The molecule has 4 nitrogen and oxygen atoms in total. The minimum Gasteiger partial charge on any atom is -0.412 e. The Morgan fingerprint density at radius 3 is 2.43 bits per heavy atom. The Kier molecular flexibility index (Phi) is 7.01. The fourth-order valence-electron chi connectivity index (χ4n) is 3.08. The van der Waals surface area contributed by atoms with E-state index >= 15 is 0 Å². The fraction of sp³-hybridized carbons (Fsp3) is 0.833. The average Bonchev–Trinajstić information content (AvgIpc) is 3.10. The van der Waals surface area contributed by atoms with Crippen LogP contribution in [0.15, 0.2) is 11.6 Å². The van der Waals surface area contributed by atoms with E-state index in [-0.39, 0.29) is 0 Å². The standard InChI is InChI=1S/C18H32O4Si/c1-23(2,3)22-15-18(20-13-14-21-18)12-7-5-4-6-9-16-10-8-11-17(16)19/h10H,4-9,11-15H2,1-3H3. The summed E-state index contributed by atoms with van der Waals surface area (Å²) in [4.78, 5) is 11.6. The quantitative estimate of drug-likeness (QED) is 0.441. The van der Waals surface area contributed by atoms with Gasteiger partial charge in [-0.15, -0.1) is 0 Å². The molecule has 1 saturated heterocycles. The predicted octanol–water partition coefficient (Wildman–Crippen LogP) is 4.21. The van der Waals surface area contributed by atoms with Gasteiger partial charge in [-0.2, -0.15) is 0 Å². The average molecular weight is 341 g/mol. The molecule has 0 radical (unpaired) electrons. The molecule has 0 bridgehead atoms. The van der Waals surface area contributed by atoms with Crippen molar-refractivity contribution in [1.82, 2.24) is 0 Å². The maximum Gasteiger partial charge on any atom is 0.190 e. The van der Waals surface area contributed by atoms with Crippen molar-refractivity contribution in [2.45, 2.75) is 76.8 Å². The van der Waals surface area contributed by atoms with Gasteiger partial charge in [-0.05, 0) is 50.9 Å². The Hall–Kier alpha value is -0.493. The largest absolute Gasteiger partial charge is 0.412 e. The highest BCUT2D eigenvalue weighted by Crippen LogP contribution is 2.28. The van der Waals surface area contributed by atoms with Crippen LogP contribution < -0.4 is 0 Å². The van der Waals surface area contributed by atoms with Crippen LogP contribution >= 0.6 is 0 Å². The first-order chi connectivity index (χ1) is 10.9. The molecule has 132 valence electrons. The second kappa shape index (κ2) is 8.56. The lowest BCUT2D eigenvalue weighted by Gasteiger charge is -2.30. The summed E-state index contributed by atoms with van der Waals surface area (Å²) in [6.07, 6.45) is 10.2. The van der Waals surface area contributed by atoms with Gasteiger partial charge in [-0.3, -0.25) is 4.79 Å². The number of unbranched alkanes of at least 4 members (excludes halogenated alkanes) is 3. The monoisotopic (exact) mass is 340 g/mol. The van der Waals surface area contributed by atoms with E-state index in [9.17, 15) is 4.79 Å². The van der Waals surface area contributed by atoms with Gasteiger partial charge in [0.25, 0.3) is 0 Å². The van der Waals surface area contributed by atoms with Gasteiger partial charge < -0.3 is 13.9 Å². The van der Waals surface area contributed by atoms with E-state index in [1.165, 1.54) is 0 Å². The number of hydrogen-bond donors (Lipinski definition) is 0. The molecule has 0 aromatic heterocycles. The Bertz CT molecular complexity index is 419. The second-order valence-electron chi connectivity index (χ2n) is 7.61. The molecular formula is C18H32O4Si. The molecule has 0 saturated carbocycles. The highest BCUT2D eigenvalue weighted by molar-refractivity contribution is 6.69. The molecule has 1 aliphatic carbocycles. The van der Waals surface area contributed by atoms with Crippen LogP contribution in [0.4, 0.5) is 0 Å². The highest BCUT2D eigenvalue weighted by Gasteiger charge is 2.37. The lowest BCUT2D eigenvalue weighted by molar-refractivity contribution is -0.183. The summed E-state index contributed by atoms with van der Waals surface area (Å²) in [6, 6.07) is 0. The van der Waals surface area contributed by atoms with Crippen LogP contribution in [0.5, 0.6) is 0 Å². The van der Waals surface area contributed by atoms with Gasteiger partial charge >= 0.3 is 0 Å². The van der Waals surface area contributed by atoms with Crippen molar-refractivity contribution < 1.29 is 18.7 Å². The molecule has 23 heavy (non-hydrogen) atoms. The van der Waals surface area contributed by atoms with Gasteiger partial charge in [0.2, 0.25) is 0 Å². The number of ether oxygens (including phenoxy) is 2. The molecule has 0 atom stereocenters. The van der Waals surface area contributed by atoms with Crippen LogP contribution in [-0.2, 0) is 18.7 Å². The van der Waals surface area contributed by atoms with Crippen LogP contribution in [0.2, 0.25) is 19.6 Å². The van der Waals surface area contributed by atoms with Crippen molar-refractivity contribution in [2.75, 3.05) is 19.8 Å². The Morgan fingerprint density at radius 1 is 1.13 bits per heavy atom. The van der Waals surface area contributed by atoms with Crippen molar-refractivity contribution >= 4 is 14.1 Å². The summed E-state index contributed by atoms with van der Waals surface area (Å²) in [6.45, 7) is 8.47. The minimum atomic E-state index is -1.55. The maximum absolute atomic E-state index is 11.6. The number of carbonyl (C=O) groups excluding carboxylic acids is 1. The molecule has 5 heteroatoms. The first-order valence-corrected chi connectivity index (χ1v) is 12.5. The maximum atomic E-state index is 11.6. The van der Waals surface area contributed by atoms with E-state index in [0.29, 0.717) is 25.6 Å².